The monoisotopic (exact) mass is 357 g/mol. The molecule has 3 atom stereocenters. The van der Waals surface area contributed by atoms with E-state index in [0.717, 1.165) is 30.4 Å². The van der Waals surface area contributed by atoms with E-state index in [1.807, 2.05) is 30.3 Å². The van der Waals surface area contributed by atoms with Crippen molar-refractivity contribution in [2.75, 3.05) is 6.61 Å². The Balaban J connectivity index is 1.52. The Kier molecular flexibility index (Phi) is 4.73. The number of carbonyl (C=O) groups is 1. The number of ether oxygens (including phenoxy) is 2. The van der Waals surface area contributed by atoms with Crippen LogP contribution in [-0.4, -0.2) is 17.6 Å². The number of pyridine rings is 1. The molecule has 1 aromatic carbocycles. The Hall–Kier alpha value is -1.91. The van der Waals surface area contributed by atoms with Crippen molar-refractivity contribution in [2.45, 2.75) is 37.9 Å². The van der Waals surface area contributed by atoms with Gasteiger partial charge in [0.15, 0.2) is 0 Å². The highest BCUT2D eigenvalue weighted by molar-refractivity contribution is 6.30. The van der Waals surface area contributed by atoms with Gasteiger partial charge in [-0.15, -0.1) is 0 Å². The van der Waals surface area contributed by atoms with E-state index in [4.69, 9.17) is 21.1 Å². The maximum Gasteiger partial charge on any atom is 0.312 e. The van der Waals surface area contributed by atoms with E-state index in [0.29, 0.717) is 18.1 Å². The molecule has 130 valence electrons. The molecule has 2 aromatic rings. The third-order valence-electron chi connectivity index (χ3n) is 5.05. The van der Waals surface area contributed by atoms with Gasteiger partial charge in [-0.2, -0.15) is 0 Å². The van der Waals surface area contributed by atoms with Crippen LogP contribution in [0.4, 0.5) is 0 Å². The molecule has 2 aliphatic rings. The first kappa shape index (κ1) is 16.6. The molecule has 0 amide bonds. The number of fused-ring (bicyclic) bond motifs is 1. The average Bonchev–Trinajstić information content (AvgIpc) is 3.13. The van der Waals surface area contributed by atoms with Crippen molar-refractivity contribution in [2.24, 2.45) is 5.92 Å². The molecule has 0 N–H and O–H groups in total. The first-order valence-corrected chi connectivity index (χ1v) is 9.10. The number of aromatic nitrogens is 1. The highest BCUT2D eigenvalue weighted by atomic mass is 35.5. The molecule has 0 unspecified atom stereocenters. The van der Waals surface area contributed by atoms with Crippen LogP contribution in [0.5, 0.6) is 0 Å². The van der Waals surface area contributed by atoms with Crippen molar-refractivity contribution < 1.29 is 14.3 Å². The molecule has 1 fully saturated rings. The summed E-state index contributed by atoms with van der Waals surface area (Å²) in [6.45, 7) is 0.569. The lowest BCUT2D eigenvalue weighted by atomic mass is 9.89. The van der Waals surface area contributed by atoms with Gasteiger partial charge in [0, 0.05) is 24.0 Å². The standard InChI is InChI=1S/C20H20ClNO3/c21-15-5-4-13-2-1-3-18(17(13)12-15)25-20(23)16-8-11-24-19(16)14-6-9-22-10-7-14/h4-7,9-10,12,16,18-19H,1-3,8,11H2/t16-,18+,19+/m1/s1. The van der Waals surface area contributed by atoms with Crippen LogP contribution in [0.25, 0.3) is 0 Å². The highest BCUT2D eigenvalue weighted by Crippen LogP contribution is 2.39. The van der Waals surface area contributed by atoms with E-state index in [2.05, 4.69) is 4.98 Å². The lowest BCUT2D eigenvalue weighted by Gasteiger charge is -2.27. The van der Waals surface area contributed by atoms with Crippen molar-refractivity contribution in [3.8, 4) is 0 Å². The van der Waals surface area contributed by atoms with Crippen LogP contribution < -0.4 is 0 Å². The summed E-state index contributed by atoms with van der Waals surface area (Å²) in [7, 11) is 0. The quantitative estimate of drug-likeness (QED) is 0.762. The molecule has 0 spiro atoms. The zero-order valence-electron chi connectivity index (χ0n) is 13.9. The van der Waals surface area contributed by atoms with Crippen molar-refractivity contribution in [1.82, 2.24) is 4.98 Å². The van der Waals surface area contributed by atoms with Crippen LogP contribution in [0.3, 0.4) is 0 Å². The maximum absolute atomic E-state index is 12.8. The Labute approximate surface area is 152 Å². The highest BCUT2D eigenvalue weighted by Gasteiger charge is 2.38. The number of nitrogens with zero attached hydrogens (tertiary/aromatic N) is 1. The van der Waals surface area contributed by atoms with Gasteiger partial charge in [0.1, 0.15) is 6.10 Å². The van der Waals surface area contributed by atoms with Crippen molar-refractivity contribution in [3.63, 3.8) is 0 Å². The number of esters is 1. The molecule has 0 saturated carbocycles. The maximum atomic E-state index is 12.8. The molecule has 1 aliphatic carbocycles. The van der Waals surface area contributed by atoms with Gasteiger partial charge in [-0.05, 0) is 66.6 Å². The fourth-order valence-electron chi connectivity index (χ4n) is 3.79. The molecule has 4 rings (SSSR count). The molecule has 0 bridgehead atoms. The van der Waals surface area contributed by atoms with Gasteiger partial charge in [0.05, 0.1) is 12.0 Å². The lowest BCUT2D eigenvalue weighted by Crippen LogP contribution is -2.24. The number of rotatable bonds is 3. The summed E-state index contributed by atoms with van der Waals surface area (Å²) >= 11 is 6.14. The zero-order valence-corrected chi connectivity index (χ0v) is 14.6. The number of aryl methyl sites for hydroxylation is 1. The smallest absolute Gasteiger partial charge is 0.312 e. The summed E-state index contributed by atoms with van der Waals surface area (Å²) < 4.78 is 11.7. The van der Waals surface area contributed by atoms with Crippen LogP contribution in [-0.2, 0) is 20.7 Å². The Morgan fingerprint density at radius 2 is 2.04 bits per heavy atom. The predicted molar refractivity (Wildman–Crippen MR) is 94.3 cm³/mol. The molecule has 4 nitrogen and oxygen atoms in total. The second kappa shape index (κ2) is 7.14. The van der Waals surface area contributed by atoms with Gasteiger partial charge >= 0.3 is 5.97 Å². The normalized spacial score (nSPS) is 25.4. The number of hydrogen-bond acceptors (Lipinski definition) is 4. The predicted octanol–water partition coefficient (Wildman–Crippen LogP) is 4.43. The van der Waals surface area contributed by atoms with Crippen LogP contribution in [0.2, 0.25) is 5.02 Å². The number of halogens is 1. The second-order valence-electron chi connectivity index (χ2n) is 6.63. The Bertz CT molecular complexity index is 765. The third-order valence-corrected chi connectivity index (χ3v) is 5.29. The van der Waals surface area contributed by atoms with Gasteiger partial charge in [0.2, 0.25) is 0 Å². The van der Waals surface area contributed by atoms with Gasteiger partial charge in [0.25, 0.3) is 0 Å². The van der Waals surface area contributed by atoms with Gasteiger partial charge in [-0.25, -0.2) is 0 Å². The van der Waals surface area contributed by atoms with Crippen LogP contribution in [0, 0.1) is 5.92 Å². The fourth-order valence-corrected chi connectivity index (χ4v) is 3.97. The van der Waals surface area contributed by atoms with E-state index in [-0.39, 0.29) is 24.1 Å². The average molecular weight is 358 g/mol. The Morgan fingerprint density at radius 3 is 2.88 bits per heavy atom. The molecular weight excluding hydrogens is 338 g/mol. The van der Waals surface area contributed by atoms with Gasteiger partial charge in [-0.3, -0.25) is 9.78 Å². The first-order valence-electron chi connectivity index (χ1n) is 8.73. The summed E-state index contributed by atoms with van der Waals surface area (Å²) in [6.07, 6.45) is 6.52. The molecule has 5 heteroatoms. The summed E-state index contributed by atoms with van der Waals surface area (Å²) in [5, 5.41) is 0.681. The van der Waals surface area contributed by atoms with Crippen LogP contribution in [0.15, 0.2) is 42.7 Å². The van der Waals surface area contributed by atoms with Crippen LogP contribution in [0.1, 0.15) is 48.2 Å². The molecule has 2 heterocycles. The first-order chi connectivity index (χ1) is 12.2. The summed E-state index contributed by atoms with van der Waals surface area (Å²) in [6, 6.07) is 9.66. The topological polar surface area (TPSA) is 48.4 Å². The largest absolute Gasteiger partial charge is 0.457 e. The third kappa shape index (κ3) is 3.42. The summed E-state index contributed by atoms with van der Waals surface area (Å²) in [5.74, 6) is -0.455. The molecular formula is C20H20ClNO3. The lowest BCUT2D eigenvalue weighted by molar-refractivity contribution is -0.157. The van der Waals surface area contributed by atoms with Crippen LogP contribution >= 0.6 is 11.6 Å². The van der Waals surface area contributed by atoms with Crippen molar-refractivity contribution in [3.05, 3.63) is 64.4 Å². The summed E-state index contributed by atoms with van der Waals surface area (Å²) in [5.41, 5.74) is 3.25. The van der Waals surface area contributed by atoms with E-state index in [9.17, 15) is 4.79 Å². The SMILES string of the molecule is O=C(O[C@H]1CCCc2ccc(Cl)cc21)[C@@H]1CCO[C@H]1c1ccncc1. The Morgan fingerprint density at radius 1 is 1.20 bits per heavy atom. The molecule has 0 radical (unpaired) electrons. The van der Waals surface area contributed by atoms with E-state index in [1.54, 1.807) is 12.4 Å². The van der Waals surface area contributed by atoms with E-state index < -0.39 is 0 Å². The molecule has 1 saturated heterocycles. The van der Waals surface area contributed by atoms with Crippen molar-refractivity contribution >= 4 is 17.6 Å². The summed E-state index contributed by atoms with van der Waals surface area (Å²) in [4.78, 5) is 16.9. The van der Waals surface area contributed by atoms with E-state index >= 15 is 0 Å². The zero-order chi connectivity index (χ0) is 17.2. The minimum Gasteiger partial charge on any atom is -0.457 e. The molecule has 25 heavy (non-hydrogen) atoms. The fraction of sp³-hybridized carbons (Fsp3) is 0.400. The minimum absolute atomic E-state index is 0.183. The van der Waals surface area contributed by atoms with Gasteiger partial charge in [-0.1, -0.05) is 17.7 Å². The minimum atomic E-state index is -0.271. The number of carbonyl (C=O) groups excluding carboxylic acids is 1. The molecule has 1 aromatic heterocycles. The molecule has 1 aliphatic heterocycles. The van der Waals surface area contributed by atoms with Gasteiger partial charge < -0.3 is 9.47 Å². The number of hydrogen-bond donors (Lipinski definition) is 0. The van der Waals surface area contributed by atoms with E-state index in [1.165, 1.54) is 5.56 Å². The second-order valence-corrected chi connectivity index (χ2v) is 7.06. The van der Waals surface area contributed by atoms with Crippen molar-refractivity contribution in [1.29, 1.82) is 0 Å². The number of benzene rings is 1.